The van der Waals surface area contributed by atoms with Gasteiger partial charge in [0.2, 0.25) is 0 Å². The first-order chi connectivity index (χ1) is 15.9. The van der Waals surface area contributed by atoms with E-state index in [9.17, 15) is 26.3 Å². The van der Waals surface area contributed by atoms with Crippen LogP contribution in [0.5, 0.6) is 0 Å². The van der Waals surface area contributed by atoms with E-state index in [-0.39, 0.29) is 17.6 Å². The molecule has 2 aromatic rings. The van der Waals surface area contributed by atoms with Gasteiger partial charge in [0, 0.05) is 36.4 Å². The predicted octanol–water partition coefficient (Wildman–Crippen LogP) is 6.36. The van der Waals surface area contributed by atoms with Crippen LogP contribution in [0.25, 0.3) is 0 Å². The second-order valence-corrected chi connectivity index (χ2v) is 8.86. The zero-order chi connectivity index (χ0) is 25.1. The van der Waals surface area contributed by atoms with Gasteiger partial charge in [0.1, 0.15) is 0 Å². The van der Waals surface area contributed by atoms with Crippen LogP contribution in [0.3, 0.4) is 0 Å². The van der Waals surface area contributed by atoms with Crippen molar-refractivity contribution < 1.29 is 31.1 Å². The maximum Gasteiger partial charge on any atom is 0.430 e. The minimum absolute atomic E-state index is 0.0435. The number of hydrogen-bond donors (Lipinski definition) is 1. The minimum atomic E-state index is -5.72. The largest absolute Gasteiger partial charge is 0.430 e. The summed E-state index contributed by atoms with van der Waals surface area (Å²) < 4.78 is 90.5. The number of ether oxygens (including phenoxy) is 1. The molecule has 1 heterocycles. The smallest absolute Gasteiger partial charge is 0.366 e. The van der Waals surface area contributed by atoms with E-state index in [1.54, 1.807) is 6.07 Å². The van der Waals surface area contributed by atoms with Gasteiger partial charge in [-0.1, -0.05) is 55.8 Å². The fourth-order valence-electron chi connectivity index (χ4n) is 4.41. The summed E-state index contributed by atoms with van der Waals surface area (Å²) in [5.74, 6) is 0. The number of anilines is 1. The molecule has 2 atom stereocenters. The topological polar surface area (TPSA) is 24.5 Å². The quantitative estimate of drug-likeness (QED) is 0.459. The molecule has 188 valence electrons. The highest BCUT2D eigenvalue weighted by Gasteiger charge is 2.73. The lowest BCUT2D eigenvalue weighted by molar-refractivity contribution is -0.392. The Morgan fingerprint density at radius 1 is 0.971 bits per heavy atom. The number of nitrogens with one attached hydrogen (secondary N) is 1. The van der Waals surface area contributed by atoms with Crippen LogP contribution in [-0.4, -0.2) is 37.5 Å². The number of piperazine rings is 1. The van der Waals surface area contributed by atoms with E-state index in [1.807, 2.05) is 25.7 Å². The summed E-state index contributed by atoms with van der Waals surface area (Å²) in [6.45, 7) is 6.24. The van der Waals surface area contributed by atoms with Gasteiger partial charge < -0.3 is 15.0 Å². The maximum atomic E-state index is 14.3. The first-order valence-corrected chi connectivity index (χ1v) is 11.4. The summed E-state index contributed by atoms with van der Waals surface area (Å²) in [6, 6.07) is 11.1. The molecule has 0 aromatic heterocycles. The lowest BCUT2D eigenvalue weighted by atomic mass is 9.88. The number of alkyl halides is 6. The molecule has 1 N–H and O–H groups in total. The summed E-state index contributed by atoms with van der Waals surface area (Å²) in [7, 11) is 0. The molecule has 1 saturated heterocycles. The fraction of sp³-hybridized carbons (Fsp3) is 0.520. The zero-order valence-electron chi connectivity index (χ0n) is 19.4. The van der Waals surface area contributed by atoms with Gasteiger partial charge in [-0.15, -0.1) is 0 Å². The van der Waals surface area contributed by atoms with E-state index in [2.05, 4.69) is 5.32 Å². The number of halogens is 6. The Bertz CT molecular complexity index is 931. The predicted molar refractivity (Wildman–Crippen MR) is 120 cm³/mol. The van der Waals surface area contributed by atoms with Crippen LogP contribution in [0, 0.1) is 0 Å². The number of rotatable bonds is 7. The highest BCUT2D eigenvalue weighted by Crippen LogP contribution is 2.54. The molecule has 9 heteroatoms. The fourth-order valence-corrected chi connectivity index (χ4v) is 4.41. The Balaban J connectivity index is 2.12. The molecular weight excluding hydrogens is 458 g/mol. The van der Waals surface area contributed by atoms with Crippen molar-refractivity contribution >= 4 is 5.69 Å². The molecule has 3 nitrogen and oxygen atoms in total. The van der Waals surface area contributed by atoms with Crippen molar-refractivity contribution in [3.8, 4) is 0 Å². The van der Waals surface area contributed by atoms with Gasteiger partial charge in [0.25, 0.3) is 5.60 Å². The summed E-state index contributed by atoms with van der Waals surface area (Å²) in [6.07, 6.45) is -10.5. The van der Waals surface area contributed by atoms with Gasteiger partial charge in [-0.3, -0.25) is 0 Å². The van der Waals surface area contributed by atoms with E-state index < -0.39 is 30.1 Å². The average molecular weight is 489 g/mol. The maximum absolute atomic E-state index is 14.3. The highest BCUT2D eigenvalue weighted by molar-refractivity contribution is 5.57. The second kappa shape index (κ2) is 10.2. The summed E-state index contributed by atoms with van der Waals surface area (Å²) in [5, 5.41) is 3.33. The Hall–Kier alpha value is -2.26. The molecule has 34 heavy (non-hydrogen) atoms. The number of nitrogens with zero attached hydrogens (tertiary/aromatic N) is 1. The molecule has 0 spiro atoms. The molecule has 0 saturated carbocycles. The van der Waals surface area contributed by atoms with Crippen molar-refractivity contribution in [2.75, 3.05) is 18.0 Å². The van der Waals surface area contributed by atoms with E-state index in [4.69, 9.17) is 4.74 Å². The van der Waals surface area contributed by atoms with Crippen LogP contribution in [0.15, 0.2) is 48.5 Å². The van der Waals surface area contributed by atoms with Crippen LogP contribution < -0.4 is 10.2 Å². The van der Waals surface area contributed by atoms with Crippen molar-refractivity contribution in [3.05, 3.63) is 65.2 Å². The Labute approximate surface area is 196 Å². The van der Waals surface area contributed by atoms with Crippen molar-refractivity contribution in [2.24, 2.45) is 0 Å². The lowest BCUT2D eigenvalue weighted by Gasteiger charge is -2.41. The molecule has 1 fully saturated rings. The third-order valence-corrected chi connectivity index (χ3v) is 6.18. The normalized spacial score (nSPS) is 20.0. The van der Waals surface area contributed by atoms with Crippen molar-refractivity contribution in [1.82, 2.24) is 5.32 Å². The number of hydrogen-bond acceptors (Lipinski definition) is 3. The third kappa shape index (κ3) is 5.20. The van der Waals surface area contributed by atoms with Crippen molar-refractivity contribution in [1.29, 1.82) is 0 Å². The number of aryl methyl sites for hydroxylation is 1. The van der Waals surface area contributed by atoms with Crippen LogP contribution >= 0.6 is 0 Å². The summed E-state index contributed by atoms with van der Waals surface area (Å²) >= 11 is 0. The Morgan fingerprint density at radius 2 is 1.62 bits per heavy atom. The Kier molecular flexibility index (Phi) is 7.87. The van der Waals surface area contributed by atoms with Gasteiger partial charge in [-0.2, -0.15) is 26.3 Å². The standard InChI is InChI=1S/C25H30F6N2O/c1-4-8-20-13-21(11-12-22(20)33-15-17(2)32-14-18(33)3)23(24(26,27)28,25(29,30)31)34-16-19-9-6-5-7-10-19/h5-7,9-13,17-18,32H,4,8,14-16H2,1-3H3/t17-,18+/m0/s1. The third-order valence-electron chi connectivity index (χ3n) is 6.18. The summed E-state index contributed by atoms with van der Waals surface area (Å²) in [5.41, 5.74) is -4.07. The number of benzene rings is 2. The van der Waals surface area contributed by atoms with Gasteiger partial charge in [0.05, 0.1) is 6.61 Å². The molecule has 0 amide bonds. The van der Waals surface area contributed by atoms with E-state index in [0.29, 0.717) is 37.2 Å². The summed E-state index contributed by atoms with van der Waals surface area (Å²) in [4.78, 5) is 2.05. The van der Waals surface area contributed by atoms with Crippen LogP contribution in [0.4, 0.5) is 32.0 Å². The van der Waals surface area contributed by atoms with E-state index in [1.165, 1.54) is 30.3 Å². The first-order valence-electron chi connectivity index (χ1n) is 11.4. The molecule has 0 bridgehead atoms. The second-order valence-electron chi connectivity index (χ2n) is 8.86. The Morgan fingerprint density at radius 3 is 2.21 bits per heavy atom. The molecule has 1 aliphatic heterocycles. The molecule has 0 unspecified atom stereocenters. The first kappa shape index (κ1) is 26.3. The molecule has 0 radical (unpaired) electrons. The van der Waals surface area contributed by atoms with Gasteiger partial charge in [0.15, 0.2) is 0 Å². The van der Waals surface area contributed by atoms with E-state index >= 15 is 0 Å². The molecular formula is C25H30F6N2O. The minimum Gasteiger partial charge on any atom is -0.366 e. The van der Waals surface area contributed by atoms with Crippen LogP contribution in [-0.2, 0) is 23.4 Å². The van der Waals surface area contributed by atoms with Crippen molar-refractivity contribution in [2.45, 2.75) is 70.3 Å². The molecule has 0 aliphatic carbocycles. The van der Waals surface area contributed by atoms with E-state index in [0.717, 1.165) is 12.1 Å². The lowest BCUT2D eigenvalue weighted by Crippen LogP contribution is -2.56. The monoisotopic (exact) mass is 488 g/mol. The van der Waals surface area contributed by atoms with Gasteiger partial charge >= 0.3 is 12.4 Å². The highest BCUT2D eigenvalue weighted by atomic mass is 19.4. The molecule has 3 rings (SSSR count). The van der Waals surface area contributed by atoms with Crippen molar-refractivity contribution in [3.63, 3.8) is 0 Å². The molecule has 1 aliphatic rings. The van der Waals surface area contributed by atoms with Gasteiger partial charge in [-0.05, 0) is 37.5 Å². The zero-order valence-corrected chi connectivity index (χ0v) is 19.4. The van der Waals surface area contributed by atoms with Crippen LogP contribution in [0.2, 0.25) is 0 Å². The van der Waals surface area contributed by atoms with Crippen LogP contribution in [0.1, 0.15) is 43.9 Å². The molecule has 2 aromatic carbocycles. The SMILES string of the molecule is CCCc1cc(C(OCc2ccccc2)(C(F)(F)F)C(F)(F)F)ccc1N1C[C@H](C)NC[C@H]1C. The average Bonchev–Trinajstić information content (AvgIpc) is 2.75. The van der Waals surface area contributed by atoms with Gasteiger partial charge in [-0.25, -0.2) is 0 Å².